The molecule has 3 rings (SSSR count). The number of carbonyl (C=O) groups excluding carboxylic acids is 1. The van der Waals surface area contributed by atoms with Gasteiger partial charge in [0.25, 0.3) is 5.91 Å². The quantitative estimate of drug-likeness (QED) is 0.794. The Kier molecular flexibility index (Phi) is 6.31. The Morgan fingerprint density at radius 3 is 2.76 bits per heavy atom. The van der Waals surface area contributed by atoms with Gasteiger partial charge < -0.3 is 20.5 Å². The second-order valence-electron chi connectivity index (χ2n) is 8.73. The molecule has 0 saturated heterocycles. The van der Waals surface area contributed by atoms with Crippen LogP contribution in [0.2, 0.25) is 5.02 Å². The van der Waals surface area contributed by atoms with Crippen molar-refractivity contribution in [1.82, 2.24) is 19.8 Å². The minimum atomic E-state index is -0.415. The van der Waals surface area contributed by atoms with Gasteiger partial charge in [0.2, 0.25) is 0 Å². The van der Waals surface area contributed by atoms with E-state index in [0.717, 1.165) is 18.7 Å². The summed E-state index contributed by atoms with van der Waals surface area (Å²) < 4.78 is 16.5. The SMILES string of the molecule is CN1CCCn2c(-c3cc(Cl)ccc3F)nc(C(=O)N[C@H](CN)C(C)(C)C)c2C1. The van der Waals surface area contributed by atoms with Gasteiger partial charge >= 0.3 is 0 Å². The number of fused-ring (bicyclic) bond motifs is 1. The first-order valence-corrected chi connectivity index (χ1v) is 10.2. The Bertz CT molecular complexity index is 905. The summed E-state index contributed by atoms with van der Waals surface area (Å²) in [5.74, 6) is -0.273. The normalized spacial score (nSPS) is 16.2. The van der Waals surface area contributed by atoms with E-state index in [2.05, 4.69) is 15.2 Å². The maximum atomic E-state index is 14.6. The lowest BCUT2D eigenvalue weighted by atomic mass is 9.86. The van der Waals surface area contributed by atoms with Gasteiger partial charge in [-0.2, -0.15) is 0 Å². The molecule has 1 atom stereocenters. The molecule has 0 bridgehead atoms. The van der Waals surface area contributed by atoms with Crippen LogP contribution in [0.25, 0.3) is 11.4 Å². The van der Waals surface area contributed by atoms with E-state index in [-0.39, 0.29) is 17.4 Å². The number of nitrogens with two attached hydrogens (primary N) is 1. The minimum absolute atomic E-state index is 0.195. The number of carbonyl (C=O) groups is 1. The predicted molar refractivity (Wildman–Crippen MR) is 113 cm³/mol. The molecule has 29 heavy (non-hydrogen) atoms. The highest BCUT2D eigenvalue weighted by molar-refractivity contribution is 6.30. The molecule has 0 unspecified atom stereocenters. The number of rotatable bonds is 4. The fourth-order valence-corrected chi connectivity index (χ4v) is 3.81. The van der Waals surface area contributed by atoms with Gasteiger partial charge in [-0.25, -0.2) is 9.37 Å². The van der Waals surface area contributed by atoms with Crippen molar-refractivity contribution in [2.24, 2.45) is 11.1 Å². The molecule has 1 aromatic carbocycles. The molecule has 158 valence electrons. The highest BCUT2D eigenvalue weighted by Crippen LogP contribution is 2.30. The number of benzene rings is 1. The maximum Gasteiger partial charge on any atom is 0.272 e. The number of nitrogens with zero attached hydrogens (tertiary/aromatic N) is 3. The molecule has 6 nitrogen and oxygen atoms in total. The molecule has 0 saturated carbocycles. The van der Waals surface area contributed by atoms with E-state index < -0.39 is 5.82 Å². The van der Waals surface area contributed by atoms with Crippen LogP contribution in [0.3, 0.4) is 0 Å². The number of aromatic nitrogens is 2. The van der Waals surface area contributed by atoms with Crippen LogP contribution >= 0.6 is 11.6 Å². The monoisotopic (exact) mass is 421 g/mol. The molecular formula is C21H29ClFN5O. The van der Waals surface area contributed by atoms with Crippen molar-refractivity contribution in [3.05, 3.63) is 40.4 Å². The first-order chi connectivity index (χ1) is 13.6. The van der Waals surface area contributed by atoms with E-state index in [1.165, 1.54) is 12.1 Å². The first-order valence-electron chi connectivity index (χ1n) is 9.86. The molecular weight excluding hydrogens is 393 g/mol. The van der Waals surface area contributed by atoms with Crippen LogP contribution in [0, 0.1) is 11.2 Å². The average Bonchev–Trinajstić information content (AvgIpc) is 2.87. The number of hydrogen-bond acceptors (Lipinski definition) is 4. The van der Waals surface area contributed by atoms with Crippen LogP contribution in [-0.2, 0) is 13.1 Å². The van der Waals surface area contributed by atoms with Gasteiger partial charge in [-0.05, 0) is 43.6 Å². The molecule has 1 aliphatic rings. The Labute approximate surface area is 176 Å². The summed E-state index contributed by atoms with van der Waals surface area (Å²) in [7, 11) is 2.00. The Hall–Kier alpha value is -1.96. The Morgan fingerprint density at radius 1 is 1.38 bits per heavy atom. The fraction of sp³-hybridized carbons (Fsp3) is 0.524. The Morgan fingerprint density at radius 2 is 2.10 bits per heavy atom. The number of imidazole rings is 1. The van der Waals surface area contributed by atoms with Crippen molar-refractivity contribution in [2.75, 3.05) is 20.1 Å². The van der Waals surface area contributed by atoms with E-state index in [1.54, 1.807) is 6.07 Å². The molecule has 3 N–H and O–H groups in total. The summed E-state index contributed by atoms with van der Waals surface area (Å²) >= 11 is 6.11. The average molecular weight is 422 g/mol. The number of halogens is 2. The van der Waals surface area contributed by atoms with Crippen molar-refractivity contribution in [3.8, 4) is 11.4 Å². The largest absolute Gasteiger partial charge is 0.346 e. The molecule has 1 aromatic heterocycles. The lowest BCUT2D eigenvalue weighted by Gasteiger charge is -2.30. The standard InChI is InChI=1S/C21H29ClFN5O/c1-21(2,3)17(11-24)25-20(29)18-16-12-27(4)8-5-9-28(16)19(26-18)14-10-13(22)6-7-15(14)23/h6-7,10,17H,5,8-9,11-12,24H2,1-4H3,(H,25,29)/t17-/m1/s1. The van der Waals surface area contributed by atoms with Crippen molar-refractivity contribution in [2.45, 2.75) is 46.3 Å². The summed E-state index contributed by atoms with van der Waals surface area (Å²) in [6, 6.07) is 4.18. The van der Waals surface area contributed by atoms with Crippen LogP contribution in [0.1, 0.15) is 43.4 Å². The molecule has 8 heteroatoms. The van der Waals surface area contributed by atoms with Crippen molar-refractivity contribution in [3.63, 3.8) is 0 Å². The number of amides is 1. The molecule has 0 spiro atoms. The van der Waals surface area contributed by atoms with Gasteiger partial charge in [0.15, 0.2) is 5.69 Å². The number of nitrogens with one attached hydrogen (secondary N) is 1. The first kappa shape index (κ1) is 21.7. The second-order valence-corrected chi connectivity index (χ2v) is 9.16. The van der Waals surface area contributed by atoms with Gasteiger partial charge in [0, 0.05) is 30.7 Å². The van der Waals surface area contributed by atoms with Crippen LogP contribution < -0.4 is 11.1 Å². The third-order valence-corrected chi connectivity index (χ3v) is 5.62. The van der Waals surface area contributed by atoms with Crippen molar-refractivity contribution < 1.29 is 9.18 Å². The molecule has 0 radical (unpaired) electrons. The highest BCUT2D eigenvalue weighted by Gasteiger charge is 2.30. The zero-order valence-electron chi connectivity index (χ0n) is 17.4. The van der Waals surface area contributed by atoms with Crippen LogP contribution in [-0.4, -0.2) is 46.5 Å². The number of hydrogen-bond donors (Lipinski definition) is 2. The maximum absolute atomic E-state index is 14.6. The van der Waals surface area contributed by atoms with Crippen LogP contribution in [0.15, 0.2) is 18.2 Å². The van der Waals surface area contributed by atoms with Gasteiger partial charge in [0.05, 0.1) is 11.3 Å². The zero-order valence-corrected chi connectivity index (χ0v) is 18.2. The van der Waals surface area contributed by atoms with Gasteiger partial charge in [-0.1, -0.05) is 32.4 Å². The molecule has 1 aliphatic heterocycles. The lowest BCUT2D eigenvalue weighted by molar-refractivity contribution is 0.0899. The summed E-state index contributed by atoms with van der Waals surface area (Å²) in [6.45, 7) is 8.49. The summed E-state index contributed by atoms with van der Waals surface area (Å²) in [5, 5.41) is 3.44. The summed E-state index contributed by atoms with van der Waals surface area (Å²) in [4.78, 5) is 19.9. The second kappa shape index (κ2) is 8.42. The van der Waals surface area contributed by atoms with Crippen LogP contribution in [0.5, 0.6) is 0 Å². The smallest absolute Gasteiger partial charge is 0.272 e. The summed E-state index contributed by atoms with van der Waals surface area (Å²) in [5.41, 5.74) is 7.09. The Balaban J connectivity index is 2.09. The van der Waals surface area contributed by atoms with E-state index in [0.29, 0.717) is 41.7 Å². The molecule has 1 amide bonds. The molecule has 2 heterocycles. The van der Waals surface area contributed by atoms with Crippen molar-refractivity contribution >= 4 is 17.5 Å². The fourth-order valence-electron chi connectivity index (χ4n) is 3.63. The minimum Gasteiger partial charge on any atom is -0.346 e. The van der Waals surface area contributed by atoms with E-state index in [9.17, 15) is 9.18 Å². The van der Waals surface area contributed by atoms with Gasteiger partial charge in [-0.15, -0.1) is 0 Å². The topological polar surface area (TPSA) is 76.2 Å². The van der Waals surface area contributed by atoms with E-state index >= 15 is 0 Å². The zero-order chi connectivity index (χ0) is 21.3. The van der Waals surface area contributed by atoms with E-state index in [4.69, 9.17) is 17.3 Å². The third-order valence-electron chi connectivity index (χ3n) is 5.38. The molecule has 0 fully saturated rings. The third kappa shape index (κ3) is 4.63. The summed E-state index contributed by atoms with van der Waals surface area (Å²) in [6.07, 6.45) is 0.878. The molecule has 0 aliphatic carbocycles. The van der Waals surface area contributed by atoms with Crippen LogP contribution in [0.4, 0.5) is 4.39 Å². The lowest BCUT2D eigenvalue weighted by Crippen LogP contribution is -2.48. The van der Waals surface area contributed by atoms with Gasteiger partial charge in [-0.3, -0.25) is 4.79 Å². The highest BCUT2D eigenvalue weighted by atomic mass is 35.5. The predicted octanol–water partition coefficient (Wildman–Crippen LogP) is 3.28. The molecule has 2 aromatic rings. The van der Waals surface area contributed by atoms with Gasteiger partial charge in [0.1, 0.15) is 11.6 Å². The van der Waals surface area contributed by atoms with E-state index in [1.807, 2.05) is 32.4 Å². The van der Waals surface area contributed by atoms with Crippen molar-refractivity contribution in [1.29, 1.82) is 0 Å².